The number of Topliss-reactive ketones (excluding diaryl/α,β-unsaturated/α-hetero) is 1. The maximum atomic E-state index is 11.3. The summed E-state index contributed by atoms with van der Waals surface area (Å²) in [7, 11) is 3.00. The van der Waals surface area contributed by atoms with E-state index >= 15 is 0 Å². The van der Waals surface area contributed by atoms with E-state index in [1.165, 1.54) is 13.4 Å². The van der Waals surface area contributed by atoms with Crippen LogP contribution in [-0.2, 0) is 16.6 Å². The molecule has 0 aliphatic rings. The molecular weight excluding hydrogens is 172 g/mol. The minimum Gasteiger partial charge on any atom is -0.469 e. The van der Waals surface area contributed by atoms with Crippen molar-refractivity contribution < 1.29 is 14.3 Å². The van der Waals surface area contributed by atoms with Gasteiger partial charge in [0.1, 0.15) is 12.1 Å². The summed E-state index contributed by atoms with van der Waals surface area (Å²) < 4.78 is 6.00. The molecule has 0 fully saturated rings. The van der Waals surface area contributed by atoms with Gasteiger partial charge >= 0.3 is 5.97 Å². The Morgan fingerprint density at radius 3 is 2.77 bits per heavy atom. The second-order valence-electron chi connectivity index (χ2n) is 2.60. The average molecular weight is 182 g/mol. The molecule has 0 aliphatic heterocycles. The Morgan fingerprint density at radius 1 is 1.62 bits per heavy atom. The van der Waals surface area contributed by atoms with Gasteiger partial charge in [-0.3, -0.25) is 9.59 Å². The number of esters is 1. The first-order valence-corrected chi connectivity index (χ1v) is 3.71. The summed E-state index contributed by atoms with van der Waals surface area (Å²) in [6.07, 6.45) is 2.81. The van der Waals surface area contributed by atoms with Crippen LogP contribution in [0, 0.1) is 0 Å². The molecule has 0 saturated carbocycles. The molecule has 5 heteroatoms. The third kappa shape index (κ3) is 2.40. The van der Waals surface area contributed by atoms with Gasteiger partial charge in [-0.2, -0.15) is 0 Å². The zero-order chi connectivity index (χ0) is 9.84. The van der Waals surface area contributed by atoms with Crippen LogP contribution in [0.3, 0.4) is 0 Å². The SMILES string of the molecule is COC(=O)CC(=O)c1cn(C)cn1. The maximum Gasteiger partial charge on any atom is 0.313 e. The van der Waals surface area contributed by atoms with Crippen LogP contribution >= 0.6 is 0 Å². The highest BCUT2D eigenvalue weighted by molar-refractivity contribution is 6.04. The second kappa shape index (κ2) is 3.84. The van der Waals surface area contributed by atoms with Gasteiger partial charge in [0.25, 0.3) is 0 Å². The molecule has 5 nitrogen and oxygen atoms in total. The highest BCUT2D eigenvalue weighted by Gasteiger charge is 2.13. The summed E-state index contributed by atoms with van der Waals surface area (Å²) >= 11 is 0. The molecular formula is C8H10N2O3. The Morgan fingerprint density at radius 2 is 2.31 bits per heavy atom. The number of hydrogen-bond donors (Lipinski definition) is 0. The Labute approximate surface area is 75.3 Å². The molecule has 1 aromatic heterocycles. The molecule has 0 radical (unpaired) electrons. The van der Waals surface area contributed by atoms with Gasteiger partial charge in [-0.05, 0) is 0 Å². The Balaban J connectivity index is 2.64. The summed E-state index contributed by atoms with van der Waals surface area (Å²) in [5, 5.41) is 0. The predicted molar refractivity (Wildman–Crippen MR) is 44.2 cm³/mol. The van der Waals surface area contributed by atoms with Gasteiger partial charge in [-0.1, -0.05) is 0 Å². The van der Waals surface area contributed by atoms with Gasteiger partial charge in [0.05, 0.1) is 13.4 Å². The van der Waals surface area contributed by atoms with Crippen molar-refractivity contribution >= 4 is 11.8 Å². The Bertz CT molecular complexity index is 330. The average Bonchev–Trinajstić information content (AvgIpc) is 2.51. The van der Waals surface area contributed by atoms with Crippen LogP contribution in [0.1, 0.15) is 16.9 Å². The van der Waals surface area contributed by atoms with Gasteiger partial charge in [0, 0.05) is 13.2 Å². The number of aryl methyl sites for hydroxylation is 1. The zero-order valence-corrected chi connectivity index (χ0v) is 7.48. The molecule has 0 amide bonds. The summed E-state index contributed by atoms with van der Waals surface area (Å²) in [5.41, 5.74) is 0.285. The molecule has 0 aliphatic carbocycles. The van der Waals surface area contributed by atoms with Crippen molar-refractivity contribution in [2.75, 3.05) is 7.11 Å². The number of aromatic nitrogens is 2. The van der Waals surface area contributed by atoms with Crippen molar-refractivity contribution in [3.05, 3.63) is 18.2 Å². The highest BCUT2D eigenvalue weighted by atomic mass is 16.5. The number of ether oxygens (including phenoxy) is 1. The normalized spacial score (nSPS) is 9.69. The topological polar surface area (TPSA) is 61.2 Å². The Kier molecular flexibility index (Phi) is 2.79. The largest absolute Gasteiger partial charge is 0.469 e. The van der Waals surface area contributed by atoms with Crippen molar-refractivity contribution in [3.63, 3.8) is 0 Å². The molecule has 1 heterocycles. The summed E-state index contributed by atoms with van der Waals surface area (Å²) in [4.78, 5) is 25.8. The highest BCUT2D eigenvalue weighted by Crippen LogP contribution is 2.00. The van der Waals surface area contributed by atoms with Crippen LogP contribution in [0.25, 0.3) is 0 Å². The van der Waals surface area contributed by atoms with Gasteiger partial charge in [-0.15, -0.1) is 0 Å². The summed E-state index contributed by atoms with van der Waals surface area (Å²) in [6.45, 7) is 0. The lowest BCUT2D eigenvalue weighted by Gasteiger charge is -1.94. The van der Waals surface area contributed by atoms with Crippen molar-refractivity contribution in [3.8, 4) is 0 Å². The lowest BCUT2D eigenvalue weighted by molar-refractivity contribution is -0.139. The fourth-order valence-corrected chi connectivity index (χ4v) is 0.851. The van der Waals surface area contributed by atoms with E-state index in [0.717, 1.165) is 0 Å². The van der Waals surface area contributed by atoms with Crippen molar-refractivity contribution in [1.29, 1.82) is 0 Å². The van der Waals surface area contributed by atoms with Crippen LogP contribution in [0.2, 0.25) is 0 Å². The monoisotopic (exact) mass is 182 g/mol. The zero-order valence-electron chi connectivity index (χ0n) is 7.48. The van der Waals surface area contributed by atoms with Crippen LogP contribution in [0.5, 0.6) is 0 Å². The smallest absolute Gasteiger partial charge is 0.313 e. The third-order valence-electron chi connectivity index (χ3n) is 1.52. The van der Waals surface area contributed by atoms with Crippen molar-refractivity contribution in [1.82, 2.24) is 9.55 Å². The summed E-state index contributed by atoms with van der Waals surface area (Å²) in [6, 6.07) is 0. The quantitative estimate of drug-likeness (QED) is 0.379. The van der Waals surface area contributed by atoms with Gasteiger partial charge in [0.2, 0.25) is 0 Å². The molecule has 0 bridgehead atoms. The van der Waals surface area contributed by atoms with E-state index < -0.39 is 5.97 Å². The predicted octanol–water partition coefficient (Wildman–Crippen LogP) is 0.166. The second-order valence-corrected chi connectivity index (χ2v) is 2.60. The van der Waals surface area contributed by atoms with E-state index in [1.807, 2.05) is 0 Å². The van der Waals surface area contributed by atoms with Crippen molar-refractivity contribution in [2.24, 2.45) is 7.05 Å². The van der Waals surface area contributed by atoms with Crippen LogP contribution < -0.4 is 0 Å². The van der Waals surface area contributed by atoms with E-state index in [9.17, 15) is 9.59 Å². The Hall–Kier alpha value is -1.65. The van der Waals surface area contributed by atoms with Gasteiger partial charge in [0.15, 0.2) is 5.78 Å². The molecule has 13 heavy (non-hydrogen) atoms. The van der Waals surface area contributed by atoms with E-state index in [2.05, 4.69) is 9.72 Å². The first-order chi connectivity index (χ1) is 6.13. The molecule has 70 valence electrons. The molecule has 1 aromatic rings. The fourth-order valence-electron chi connectivity index (χ4n) is 0.851. The number of carbonyl (C=O) groups excluding carboxylic acids is 2. The number of methoxy groups -OCH3 is 1. The number of rotatable bonds is 3. The van der Waals surface area contributed by atoms with E-state index in [-0.39, 0.29) is 17.9 Å². The maximum absolute atomic E-state index is 11.3. The minimum absolute atomic E-state index is 0.256. The van der Waals surface area contributed by atoms with Crippen LogP contribution in [0.4, 0.5) is 0 Å². The molecule has 0 saturated heterocycles. The molecule has 1 rings (SSSR count). The van der Waals surface area contributed by atoms with E-state index in [0.29, 0.717) is 0 Å². The lowest BCUT2D eigenvalue weighted by atomic mass is 10.2. The van der Waals surface area contributed by atoms with Gasteiger partial charge in [-0.25, -0.2) is 4.98 Å². The first-order valence-electron chi connectivity index (χ1n) is 3.71. The minimum atomic E-state index is -0.546. The van der Waals surface area contributed by atoms with Crippen molar-refractivity contribution in [2.45, 2.75) is 6.42 Å². The lowest BCUT2D eigenvalue weighted by Crippen LogP contribution is -2.09. The fraction of sp³-hybridized carbons (Fsp3) is 0.375. The van der Waals surface area contributed by atoms with E-state index in [1.54, 1.807) is 17.8 Å². The standard InChI is InChI=1S/C8H10N2O3/c1-10-4-6(9-5-10)7(11)3-8(12)13-2/h4-5H,3H2,1-2H3. The number of imidazole rings is 1. The third-order valence-corrected chi connectivity index (χ3v) is 1.52. The number of nitrogens with zero attached hydrogens (tertiary/aromatic N) is 2. The first kappa shape index (κ1) is 9.44. The molecule has 0 unspecified atom stereocenters. The number of ketones is 1. The van der Waals surface area contributed by atoms with Gasteiger partial charge < -0.3 is 9.30 Å². The number of hydrogen-bond acceptors (Lipinski definition) is 4. The summed E-state index contributed by atoms with van der Waals surface area (Å²) in [5.74, 6) is -0.872. The van der Waals surface area contributed by atoms with E-state index in [4.69, 9.17) is 0 Å². The van der Waals surface area contributed by atoms with Crippen LogP contribution in [0.15, 0.2) is 12.5 Å². The molecule has 0 atom stereocenters. The van der Waals surface area contributed by atoms with Crippen LogP contribution in [-0.4, -0.2) is 28.4 Å². The molecule has 0 N–H and O–H groups in total. The molecule has 0 spiro atoms. The number of carbonyl (C=O) groups is 2. The molecule has 0 aromatic carbocycles.